The first-order chi connectivity index (χ1) is 14.8. The normalized spacial score (nSPS) is 13.9. The first-order valence-corrected chi connectivity index (χ1v) is 11.0. The van der Waals surface area contributed by atoms with Gasteiger partial charge in [0.1, 0.15) is 10.6 Å². The first-order valence-electron chi connectivity index (χ1n) is 9.81. The summed E-state index contributed by atoms with van der Waals surface area (Å²) in [6.07, 6.45) is 0. The SMILES string of the molecule is Cc1ccc(SC2=C(Nc3cc(C)ccc3C)C(=O)N(c3cccc(Cl)c3)C2=O)cc1. The molecule has 0 saturated heterocycles. The molecule has 1 N–H and O–H groups in total. The number of carbonyl (C=O) groups excluding carboxylic acids is 2. The second kappa shape index (κ2) is 8.61. The van der Waals surface area contributed by atoms with Crippen LogP contribution in [-0.4, -0.2) is 11.8 Å². The van der Waals surface area contributed by atoms with Gasteiger partial charge in [-0.15, -0.1) is 0 Å². The minimum Gasteiger partial charge on any atom is -0.350 e. The number of nitrogens with one attached hydrogen (secondary N) is 1. The molecule has 0 atom stereocenters. The Hall–Kier alpha value is -3.02. The summed E-state index contributed by atoms with van der Waals surface area (Å²) in [5.74, 6) is -0.770. The van der Waals surface area contributed by atoms with E-state index in [1.165, 1.54) is 16.7 Å². The van der Waals surface area contributed by atoms with Crippen molar-refractivity contribution in [1.82, 2.24) is 0 Å². The minimum atomic E-state index is -0.400. The van der Waals surface area contributed by atoms with E-state index in [0.717, 1.165) is 27.3 Å². The third-order valence-corrected chi connectivity index (χ3v) is 6.33. The van der Waals surface area contributed by atoms with Crippen molar-refractivity contribution in [2.75, 3.05) is 10.2 Å². The number of thioether (sulfide) groups is 1. The van der Waals surface area contributed by atoms with Crippen LogP contribution < -0.4 is 10.2 Å². The molecule has 31 heavy (non-hydrogen) atoms. The van der Waals surface area contributed by atoms with E-state index in [4.69, 9.17) is 11.6 Å². The zero-order valence-electron chi connectivity index (χ0n) is 17.4. The van der Waals surface area contributed by atoms with E-state index in [1.54, 1.807) is 24.3 Å². The number of anilines is 2. The summed E-state index contributed by atoms with van der Waals surface area (Å²) in [5, 5.41) is 3.70. The fraction of sp³-hybridized carbons (Fsp3) is 0.120. The van der Waals surface area contributed by atoms with Gasteiger partial charge >= 0.3 is 0 Å². The molecule has 4 rings (SSSR count). The van der Waals surface area contributed by atoms with Gasteiger partial charge in [0, 0.05) is 15.6 Å². The maximum absolute atomic E-state index is 13.4. The van der Waals surface area contributed by atoms with Crippen LogP contribution in [0.1, 0.15) is 16.7 Å². The summed E-state index contributed by atoms with van der Waals surface area (Å²) in [6, 6.07) is 20.6. The highest BCUT2D eigenvalue weighted by atomic mass is 35.5. The quantitative estimate of drug-likeness (QED) is 0.468. The molecule has 0 aliphatic carbocycles. The predicted molar refractivity (Wildman–Crippen MR) is 128 cm³/mol. The minimum absolute atomic E-state index is 0.268. The van der Waals surface area contributed by atoms with Crippen LogP contribution in [-0.2, 0) is 9.59 Å². The van der Waals surface area contributed by atoms with E-state index in [2.05, 4.69) is 5.32 Å². The lowest BCUT2D eigenvalue weighted by molar-refractivity contribution is -0.120. The number of halogens is 1. The van der Waals surface area contributed by atoms with Crippen molar-refractivity contribution in [2.24, 2.45) is 0 Å². The maximum atomic E-state index is 13.4. The van der Waals surface area contributed by atoms with Gasteiger partial charge in [-0.25, -0.2) is 4.90 Å². The van der Waals surface area contributed by atoms with Gasteiger partial charge in [-0.1, -0.05) is 59.3 Å². The number of carbonyl (C=O) groups is 2. The van der Waals surface area contributed by atoms with Crippen molar-refractivity contribution >= 4 is 46.6 Å². The molecule has 1 aliphatic heterocycles. The molecule has 0 radical (unpaired) electrons. The number of aryl methyl sites for hydroxylation is 3. The van der Waals surface area contributed by atoms with Crippen molar-refractivity contribution in [2.45, 2.75) is 25.7 Å². The average Bonchev–Trinajstić information content (AvgIpc) is 2.96. The van der Waals surface area contributed by atoms with Gasteiger partial charge in [0.15, 0.2) is 0 Å². The zero-order valence-corrected chi connectivity index (χ0v) is 19.0. The third kappa shape index (κ3) is 4.38. The van der Waals surface area contributed by atoms with Gasteiger partial charge in [-0.2, -0.15) is 0 Å². The zero-order chi connectivity index (χ0) is 22.1. The largest absolute Gasteiger partial charge is 0.350 e. The third-order valence-electron chi connectivity index (χ3n) is 5.00. The van der Waals surface area contributed by atoms with Crippen molar-refractivity contribution in [3.63, 3.8) is 0 Å². The lowest BCUT2D eigenvalue weighted by atomic mass is 10.1. The number of benzene rings is 3. The fourth-order valence-corrected chi connectivity index (χ4v) is 4.41. The Bertz CT molecular complexity index is 1220. The molecule has 4 nitrogen and oxygen atoms in total. The summed E-state index contributed by atoms with van der Waals surface area (Å²) in [5.41, 5.74) is 4.68. The lowest BCUT2D eigenvalue weighted by Gasteiger charge is -2.16. The molecule has 2 amide bonds. The molecular weight excluding hydrogens is 428 g/mol. The van der Waals surface area contributed by atoms with E-state index in [1.807, 2.05) is 63.2 Å². The summed E-state index contributed by atoms with van der Waals surface area (Å²) < 4.78 is 0. The Morgan fingerprint density at radius 3 is 2.26 bits per heavy atom. The molecule has 0 spiro atoms. The molecule has 0 aromatic heterocycles. The Kier molecular flexibility index (Phi) is 5.90. The number of hydrogen-bond donors (Lipinski definition) is 1. The van der Waals surface area contributed by atoms with Crippen LogP contribution in [0, 0.1) is 20.8 Å². The summed E-state index contributed by atoms with van der Waals surface area (Å²) in [4.78, 5) is 29.2. The molecule has 0 saturated carbocycles. The Morgan fingerprint density at radius 2 is 1.55 bits per heavy atom. The summed E-state index contributed by atoms with van der Waals surface area (Å²) in [6.45, 7) is 5.96. The van der Waals surface area contributed by atoms with Crippen LogP contribution in [0.3, 0.4) is 0 Å². The molecule has 1 heterocycles. The number of imide groups is 1. The highest BCUT2D eigenvalue weighted by molar-refractivity contribution is 8.04. The van der Waals surface area contributed by atoms with Crippen LogP contribution in [0.2, 0.25) is 5.02 Å². The van der Waals surface area contributed by atoms with Gasteiger partial charge in [0.05, 0.1) is 5.69 Å². The predicted octanol–water partition coefficient (Wildman–Crippen LogP) is 6.25. The van der Waals surface area contributed by atoms with E-state index in [-0.39, 0.29) is 11.6 Å². The van der Waals surface area contributed by atoms with E-state index in [9.17, 15) is 9.59 Å². The molecule has 3 aromatic rings. The van der Waals surface area contributed by atoms with Crippen molar-refractivity contribution < 1.29 is 9.59 Å². The van der Waals surface area contributed by atoms with Crippen molar-refractivity contribution in [1.29, 1.82) is 0 Å². The van der Waals surface area contributed by atoms with Gasteiger partial charge in [0.2, 0.25) is 0 Å². The standard InChI is InChI=1S/C25H21ClN2O2S/c1-15-8-11-20(12-9-15)31-23-22(27-21-13-16(2)7-10-17(21)3)24(29)28(25(23)30)19-6-4-5-18(26)14-19/h4-14,27H,1-3H3. The van der Waals surface area contributed by atoms with Crippen LogP contribution in [0.15, 0.2) is 82.2 Å². The number of hydrogen-bond acceptors (Lipinski definition) is 4. The van der Waals surface area contributed by atoms with Gasteiger partial charge < -0.3 is 5.32 Å². The highest BCUT2D eigenvalue weighted by Crippen LogP contribution is 2.38. The van der Waals surface area contributed by atoms with Crippen molar-refractivity contribution in [3.8, 4) is 0 Å². The van der Waals surface area contributed by atoms with Gasteiger partial charge in [-0.3, -0.25) is 9.59 Å². The van der Waals surface area contributed by atoms with Crippen LogP contribution in [0.25, 0.3) is 0 Å². The summed E-state index contributed by atoms with van der Waals surface area (Å²) in [7, 11) is 0. The van der Waals surface area contributed by atoms with Crippen LogP contribution >= 0.6 is 23.4 Å². The van der Waals surface area contributed by atoms with Crippen molar-refractivity contribution in [3.05, 3.63) is 99.0 Å². The molecular formula is C25H21ClN2O2S. The average molecular weight is 449 g/mol. The van der Waals surface area contributed by atoms with Crippen LogP contribution in [0.5, 0.6) is 0 Å². The van der Waals surface area contributed by atoms with E-state index in [0.29, 0.717) is 15.6 Å². The van der Waals surface area contributed by atoms with Gasteiger partial charge in [-0.05, 0) is 68.3 Å². The first kappa shape index (κ1) is 21.2. The maximum Gasteiger partial charge on any atom is 0.283 e. The lowest BCUT2D eigenvalue weighted by Crippen LogP contribution is -2.32. The number of rotatable bonds is 5. The van der Waals surface area contributed by atoms with Crippen LogP contribution in [0.4, 0.5) is 11.4 Å². The number of nitrogens with zero attached hydrogens (tertiary/aromatic N) is 1. The topological polar surface area (TPSA) is 49.4 Å². The second-order valence-electron chi connectivity index (χ2n) is 7.49. The smallest absolute Gasteiger partial charge is 0.283 e. The van der Waals surface area contributed by atoms with E-state index >= 15 is 0 Å². The molecule has 0 bridgehead atoms. The highest BCUT2D eigenvalue weighted by Gasteiger charge is 2.40. The molecule has 3 aromatic carbocycles. The molecule has 1 aliphatic rings. The Morgan fingerprint density at radius 1 is 0.839 bits per heavy atom. The molecule has 156 valence electrons. The number of amides is 2. The second-order valence-corrected chi connectivity index (χ2v) is 9.01. The Labute approximate surface area is 190 Å². The van der Waals surface area contributed by atoms with E-state index < -0.39 is 5.91 Å². The monoisotopic (exact) mass is 448 g/mol. The fourth-order valence-electron chi connectivity index (χ4n) is 3.29. The molecule has 6 heteroatoms. The molecule has 0 unspecified atom stereocenters. The van der Waals surface area contributed by atoms with Gasteiger partial charge in [0.25, 0.3) is 11.8 Å². The molecule has 0 fully saturated rings. The summed E-state index contributed by atoms with van der Waals surface area (Å²) >= 11 is 7.40. The Balaban J connectivity index is 1.78.